The van der Waals surface area contributed by atoms with E-state index in [2.05, 4.69) is 20.6 Å². The van der Waals surface area contributed by atoms with Crippen LogP contribution in [0.5, 0.6) is 5.75 Å². The predicted octanol–water partition coefficient (Wildman–Crippen LogP) is -0.825. The molecule has 2 amide bonds. The van der Waals surface area contributed by atoms with E-state index in [1.807, 2.05) is 0 Å². The molecule has 11 nitrogen and oxygen atoms in total. The molecule has 5 N–H and O–H groups in total. The van der Waals surface area contributed by atoms with Crippen LogP contribution in [0.3, 0.4) is 0 Å². The molecule has 0 aromatic heterocycles. The van der Waals surface area contributed by atoms with Gasteiger partial charge in [-0.15, -0.1) is 0 Å². The van der Waals surface area contributed by atoms with Crippen LogP contribution in [0.4, 0.5) is 10.5 Å². The highest BCUT2D eigenvalue weighted by molar-refractivity contribution is 5.89. The molecule has 0 saturated carbocycles. The van der Waals surface area contributed by atoms with Crippen molar-refractivity contribution in [3.63, 3.8) is 0 Å². The fourth-order valence-corrected chi connectivity index (χ4v) is 2.35. The zero-order valence-corrected chi connectivity index (χ0v) is 14.7. The van der Waals surface area contributed by atoms with Crippen LogP contribution < -0.4 is 15.4 Å². The molecule has 148 valence electrons. The van der Waals surface area contributed by atoms with Gasteiger partial charge < -0.3 is 30.1 Å². The molecule has 0 radical (unpaired) electrons. The molecule has 4 atom stereocenters. The Morgan fingerprint density at radius 1 is 1.22 bits per heavy atom. The Kier molecular flexibility index (Phi) is 6.93. The first kappa shape index (κ1) is 20.4. The van der Waals surface area contributed by atoms with Crippen LogP contribution in [-0.4, -0.2) is 71.3 Å². The maximum Gasteiger partial charge on any atom is 0.437 e. The first-order valence-corrected chi connectivity index (χ1v) is 7.96. The number of carbonyl (C=O) groups excluding carboxylic acids is 2. The molecule has 1 aromatic carbocycles. The lowest BCUT2D eigenvalue weighted by molar-refractivity contribution is -0.126. The molecule has 0 aliphatic carbocycles. The number of hydrogen-bond acceptors (Lipinski definition) is 9. The van der Waals surface area contributed by atoms with Gasteiger partial charge in [-0.2, -0.15) is 0 Å². The normalized spacial score (nSPS) is 26.0. The molecular weight excluding hydrogens is 362 g/mol. The van der Waals surface area contributed by atoms with Crippen LogP contribution in [-0.2, 0) is 14.4 Å². The van der Waals surface area contributed by atoms with E-state index in [4.69, 9.17) is 9.47 Å². The summed E-state index contributed by atoms with van der Waals surface area (Å²) in [6.07, 6.45) is -5.15. The number of methoxy groups -OCH3 is 1. The van der Waals surface area contributed by atoms with Crippen LogP contribution in [0.15, 0.2) is 29.4 Å². The summed E-state index contributed by atoms with van der Waals surface area (Å²) in [4.78, 5) is 27.8. The zero-order valence-electron chi connectivity index (χ0n) is 14.7. The molecular formula is C16H21N3O8. The second-order valence-electron chi connectivity index (χ2n) is 5.66. The lowest BCUT2D eigenvalue weighted by atomic mass is 9.97. The fourth-order valence-electron chi connectivity index (χ4n) is 2.35. The van der Waals surface area contributed by atoms with Gasteiger partial charge in [0, 0.05) is 12.6 Å². The first-order chi connectivity index (χ1) is 12.8. The summed E-state index contributed by atoms with van der Waals surface area (Å²) < 4.78 is 10.2. The minimum absolute atomic E-state index is 0.369. The standard InChI is InChI=1S/C16H21N3O8/c1-8(21)17-12-14(23)13(22)11(7-20)26-15(12)19-27-16(24)18-9-3-5-10(25-2)6-4-9/h3-6,11-14,20,22-23H,7H2,1-2H3,(H,17,21)(H,18,24)/b19-15+/t11-,12-,13-,14-/m1/s1. The van der Waals surface area contributed by atoms with Gasteiger partial charge in [-0.1, -0.05) is 0 Å². The van der Waals surface area contributed by atoms with Crippen molar-refractivity contribution in [1.29, 1.82) is 0 Å². The predicted molar refractivity (Wildman–Crippen MR) is 92.1 cm³/mol. The lowest BCUT2D eigenvalue weighted by Crippen LogP contribution is -2.62. The summed E-state index contributed by atoms with van der Waals surface area (Å²) in [5, 5.41) is 37.4. The van der Waals surface area contributed by atoms with Gasteiger partial charge >= 0.3 is 6.09 Å². The van der Waals surface area contributed by atoms with Gasteiger partial charge in [0.1, 0.15) is 24.0 Å². The van der Waals surface area contributed by atoms with Crippen LogP contribution in [0.2, 0.25) is 0 Å². The Labute approximate surface area is 154 Å². The molecule has 1 aromatic rings. The lowest BCUT2D eigenvalue weighted by Gasteiger charge is -2.37. The third kappa shape index (κ3) is 5.29. The molecule has 0 bridgehead atoms. The molecule has 0 unspecified atom stereocenters. The number of ether oxygens (including phenoxy) is 2. The minimum Gasteiger partial charge on any atom is -0.497 e. The van der Waals surface area contributed by atoms with Crippen molar-refractivity contribution >= 4 is 23.6 Å². The highest BCUT2D eigenvalue weighted by Crippen LogP contribution is 2.19. The van der Waals surface area contributed by atoms with Crippen molar-refractivity contribution < 1.29 is 39.2 Å². The van der Waals surface area contributed by atoms with Crippen molar-refractivity contribution in [3.05, 3.63) is 24.3 Å². The number of nitrogens with zero attached hydrogens (tertiary/aromatic N) is 1. The van der Waals surface area contributed by atoms with Gasteiger partial charge in [-0.25, -0.2) is 4.79 Å². The van der Waals surface area contributed by atoms with Gasteiger partial charge in [-0.3, -0.25) is 14.9 Å². The number of benzene rings is 1. The Morgan fingerprint density at radius 3 is 2.44 bits per heavy atom. The molecule has 2 rings (SSSR count). The number of oxime groups is 1. The Hall–Kier alpha value is -2.89. The van der Waals surface area contributed by atoms with Gasteiger partial charge in [0.05, 0.1) is 13.7 Å². The van der Waals surface area contributed by atoms with E-state index in [1.54, 1.807) is 24.3 Å². The van der Waals surface area contributed by atoms with E-state index in [1.165, 1.54) is 14.0 Å². The number of nitrogens with one attached hydrogen (secondary N) is 2. The second-order valence-corrected chi connectivity index (χ2v) is 5.66. The van der Waals surface area contributed by atoms with E-state index in [0.717, 1.165) is 0 Å². The van der Waals surface area contributed by atoms with Gasteiger partial charge in [0.25, 0.3) is 5.90 Å². The summed E-state index contributed by atoms with van der Waals surface area (Å²) in [6.45, 7) is 0.564. The average Bonchev–Trinajstić information content (AvgIpc) is 2.65. The molecule has 1 aliphatic heterocycles. The molecule has 11 heteroatoms. The number of aliphatic hydroxyl groups is 3. The van der Waals surface area contributed by atoms with E-state index in [9.17, 15) is 24.9 Å². The summed E-state index contributed by atoms with van der Waals surface area (Å²) in [5.74, 6) is -0.301. The molecule has 1 aliphatic rings. The maximum absolute atomic E-state index is 11.9. The molecule has 1 fully saturated rings. The summed E-state index contributed by atoms with van der Waals surface area (Å²) in [5.41, 5.74) is 0.410. The summed E-state index contributed by atoms with van der Waals surface area (Å²) in [6, 6.07) is 5.15. The van der Waals surface area contributed by atoms with Crippen molar-refractivity contribution in [2.45, 2.75) is 31.3 Å². The summed E-state index contributed by atoms with van der Waals surface area (Å²) in [7, 11) is 1.51. The van der Waals surface area contributed by atoms with Crippen LogP contribution in [0.1, 0.15) is 6.92 Å². The number of hydrogen-bond donors (Lipinski definition) is 5. The molecule has 1 heterocycles. The monoisotopic (exact) mass is 383 g/mol. The minimum atomic E-state index is -1.52. The highest BCUT2D eigenvalue weighted by Gasteiger charge is 2.44. The average molecular weight is 383 g/mol. The Morgan fingerprint density at radius 2 is 1.89 bits per heavy atom. The van der Waals surface area contributed by atoms with E-state index in [0.29, 0.717) is 11.4 Å². The first-order valence-electron chi connectivity index (χ1n) is 7.96. The van der Waals surface area contributed by atoms with Gasteiger partial charge in [0.2, 0.25) is 5.91 Å². The maximum atomic E-state index is 11.9. The highest BCUT2D eigenvalue weighted by atomic mass is 16.7. The number of amides is 2. The smallest absolute Gasteiger partial charge is 0.437 e. The molecule has 27 heavy (non-hydrogen) atoms. The van der Waals surface area contributed by atoms with Gasteiger partial charge in [0.15, 0.2) is 6.10 Å². The third-order valence-electron chi connectivity index (χ3n) is 3.70. The van der Waals surface area contributed by atoms with Crippen molar-refractivity contribution in [3.8, 4) is 5.75 Å². The van der Waals surface area contributed by atoms with Crippen LogP contribution in [0, 0.1) is 0 Å². The number of anilines is 1. The van der Waals surface area contributed by atoms with Crippen molar-refractivity contribution in [2.75, 3.05) is 19.0 Å². The third-order valence-corrected chi connectivity index (χ3v) is 3.70. The van der Waals surface area contributed by atoms with Crippen LogP contribution in [0.25, 0.3) is 0 Å². The second kappa shape index (κ2) is 9.16. The summed E-state index contributed by atoms with van der Waals surface area (Å²) >= 11 is 0. The zero-order chi connectivity index (χ0) is 20.0. The number of rotatable bonds is 5. The van der Waals surface area contributed by atoms with Crippen LogP contribution >= 0.6 is 0 Å². The van der Waals surface area contributed by atoms with Gasteiger partial charge in [-0.05, 0) is 29.4 Å². The topological polar surface area (TPSA) is 159 Å². The van der Waals surface area contributed by atoms with E-state index < -0.39 is 43.0 Å². The van der Waals surface area contributed by atoms with E-state index >= 15 is 0 Å². The van der Waals surface area contributed by atoms with Crippen molar-refractivity contribution in [2.24, 2.45) is 5.16 Å². The Bertz CT molecular complexity index is 693. The quantitative estimate of drug-likeness (QED) is 0.326. The fraction of sp³-hybridized carbons (Fsp3) is 0.438. The molecule has 0 spiro atoms. The Balaban J connectivity index is 2.07. The van der Waals surface area contributed by atoms with E-state index in [-0.39, 0.29) is 5.90 Å². The number of carbonyl (C=O) groups is 2. The van der Waals surface area contributed by atoms with Crippen molar-refractivity contribution in [1.82, 2.24) is 5.32 Å². The number of aliphatic hydroxyl groups excluding tert-OH is 3. The SMILES string of the molecule is COc1ccc(NC(=O)O/N=C2/O[C@H](CO)[C@@H](O)[C@H](O)[C@H]2NC(C)=O)cc1. The largest absolute Gasteiger partial charge is 0.497 e. The molecule has 1 saturated heterocycles.